The first-order valence-electron chi connectivity index (χ1n) is 16.7. The summed E-state index contributed by atoms with van der Waals surface area (Å²) in [6.07, 6.45) is 1.30. The summed E-state index contributed by atoms with van der Waals surface area (Å²) in [6.45, 7) is 8.66. The van der Waals surface area contributed by atoms with Crippen LogP contribution in [0.2, 0.25) is 0 Å². The second-order valence-corrected chi connectivity index (χ2v) is 12.4. The molecule has 18 nitrogen and oxygen atoms in total. The molecular weight excluding hydrogens is 696 g/mol. The minimum atomic E-state index is -0.879. The summed E-state index contributed by atoms with van der Waals surface area (Å²) in [5, 5.41) is 31.7. The number of non-ortho nitro benzene ring substituents is 2. The monoisotopic (exact) mass is 744 g/mol. The topological polar surface area (TPSA) is 255 Å². The van der Waals surface area contributed by atoms with Gasteiger partial charge in [0.25, 0.3) is 11.4 Å². The van der Waals surface area contributed by atoms with E-state index < -0.39 is 69.6 Å². The summed E-state index contributed by atoms with van der Waals surface area (Å²) in [5.74, 6) is -2.88. The smallest absolute Gasteiger partial charge is 0.328 e. The van der Waals surface area contributed by atoms with Gasteiger partial charge in [-0.15, -0.1) is 0 Å². The molecule has 0 bridgehead atoms. The van der Waals surface area contributed by atoms with Crippen molar-refractivity contribution in [1.82, 2.24) is 21.3 Å². The standard InChI is InChI=1S/C18H25N3O6.C17H23N3O6/c1-11(2)8-15(18(24)27-4)20-17(23)12(3)19-16(22)10-13-6-5-7-14(9-13)21(25)26;1-4-6-14(17(23)26-3)19-16(22)11(2)18-15(21)10-12-7-5-8-13(9-12)20(24)25/h5-7,9,11-12,15H,8,10H2,1-4H3,(H,19,22)(H,20,23);5,7-9,11,14H,4,6,10H2,1-3H3,(H,18,21)(H,19,22)/t12-,15-;11-,14-/m00/s1. The summed E-state index contributed by atoms with van der Waals surface area (Å²) >= 11 is 0. The number of nitro groups is 2. The number of benzene rings is 2. The third-order valence-electron chi connectivity index (χ3n) is 7.40. The van der Waals surface area contributed by atoms with Gasteiger partial charge >= 0.3 is 11.9 Å². The third kappa shape index (κ3) is 16.8. The number of hydrogen-bond donors (Lipinski definition) is 4. The zero-order valence-electron chi connectivity index (χ0n) is 30.8. The van der Waals surface area contributed by atoms with Crippen molar-refractivity contribution >= 4 is 46.9 Å². The molecule has 290 valence electrons. The Morgan fingerprint density at radius 1 is 0.660 bits per heavy atom. The van der Waals surface area contributed by atoms with Crippen LogP contribution in [0.3, 0.4) is 0 Å². The lowest BCUT2D eigenvalue weighted by atomic mass is 10.0. The molecule has 0 aliphatic carbocycles. The second kappa shape index (κ2) is 22.8. The van der Waals surface area contributed by atoms with Gasteiger partial charge < -0.3 is 30.7 Å². The van der Waals surface area contributed by atoms with Gasteiger partial charge in [-0.05, 0) is 43.7 Å². The largest absolute Gasteiger partial charge is 0.467 e. The molecule has 18 heteroatoms. The van der Waals surface area contributed by atoms with Crippen LogP contribution in [0.1, 0.15) is 65.0 Å². The minimum Gasteiger partial charge on any atom is -0.467 e. The van der Waals surface area contributed by atoms with E-state index in [0.29, 0.717) is 30.4 Å². The number of carbonyl (C=O) groups excluding carboxylic acids is 6. The summed E-state index contributed by atoms with van der Waals surface area (Å²) in [5.41, 5.74) is 0.701. The Hall–Kier alpha value is -5.94. The summed E-state index contributed by atoms with van der Waals surface area (Å²) in [6, 6.07) is 8.12. The predicted octanol–water partition coefficient (Wildman–Crippen LogP) is 2.45. The number of hydrogen-bond acceptors (Lipinski definition) is 12. The molecule has 2 rings (SSSR count). The van der Waals surface area contributed by atoms with Gasteiger partial charge in [0.2, 0.25) is 23.6 Å². The fourth-order valence-electron chi connectivity index (χ4n) is 4.75. The van der Waals surface area contributed by atoms with Crippen LogP contribution < -0.4 is 21.3 Å². The van der Waals surface area contributed by atoms with Crippen molar-refractivity contribution < 1.29 is 48.1 Å². The zero-order valence-corrected chi connectivity index (χ0v) is 30.8. The number of esters is 2. The first-order valence-corrected chi connectivity index (χ1v) is 16.7. The van der Waals surface area contributed by atoms with Crippen LogP contribution in [0.4, 0.5) is 11.4 Å². The van der Waals surface area contributed by atoms with Crippen LogP contribution in [0.25, 0.3) is 0 Å². The van der Waals surface area contributed by atoms with Gasteiger partial charge in [-0.2, -0.15) is 0 Å². The molecule has 0 aliphatic heterocycles. The molecule has 0 heterocycles. The van der Waals surface area contributed by atoms with E-state index in [1.165, 1.54) is 64.5 Å². The van der Waals surface area contributed by atoms with Crippen LogP contribution >= 0.6 is 0 Å². The molecule has 0 aliphatic rings. The Kier molecular flexibility index (Phi) is 19.4. The molecule has 0 saturated carbocycles. The van der Waals surface area contributed by atoms with Gasteiger partial charge in [0, 0.05) is 24.3 Å². The van der Waals surface area contributed by atoms with Crippen LogP contribution in [-0.2, 0) is 51.1 Å². The highest BCUT2D eigenvalue weighted by molar-refractivity contribution is 5.91. The molecule has 53 heavy (non-hydrogen) atoms. The van der Waals surface area contributed by atoms with E-state index in [1.54, 1.807) is 12.1 Å². The Labute approximate surface area is 307 Å². The van der Waals surface area contributed by atoms with E-state index in [-0.39, 0.29) is 30.1 Å². The molecule has 0 saturated heterocycles. The molecule has 4 amide bonds. The van der Waals surface area contributed by atoms with Crippen molar-refractivity contribution in [2.75, 3.05) is 14.2 Å². The van der Waals surface area contributed by atoms with Crippen LogP contribution in [0.5, 0.6) is 0 Å². The first-order chi connectivity index (χ1) is 24.9. The Morgan fingerprint density at radius 3 is 1.42 bits per heavy atom. The third-order valence-corrected chi connectivity index (χ3v) is 7.40. The number of amides is 4. The first kappa shape index (κ1) is 45.1. The number of carbonyl (C=O) groups is 6. The molecule has 2 aromatic carbocycles. The van der Waals surface area contributed by atoms with E-state index in [2.05, 4.69) is 30.7 Å². The SMILES string of the molecule is CCC[C@H](NC(=O)[C@H](C)NC(=O)Cc1cccc([N+](=O)[O-])c1)C(=O)OC.COC(=O)[C@H](CC(C)C)NC(=O)[C@H](C)NC(=O)Cc1cccc([N+](=O)[O-])c1. The quantitative estimate of drug-likeness (QED) is 0.0976. The number of nitro benzene ring substituents is 2. The van der Waals surface area contributed by atoms with Gasteiger partial charge in [-0.3, -0.25) is 39.4 Å². The molecule has 0 radical (unpaired) electrons. The van der Waals surface area contributed by atoms with Crippen molar-refractivity contribution in [2.24, 2.45) is 5.92 Å². The normalized spacial score (nSPS) is 12.7. The van der Waals surface area contributed by atoms with Gasteiger partial charge in [-0.25, -0.2) is 9.59 Å². The fraction of sp³-hybridized carbons (Fsp3) is 0.486. The van der Waals surface area contributed by atoms with E-state index in [0.717, 1.165) is 0 Å². The van der Waals surface area contributed by atoms with Gasteiger partial charge in [0.05, 0.1) is 36.9 Å². The average molecular weight is 745 g/mol. The number of methoxy groups -OCH3 is 2. The maximum Gasteiger partial charge on any atom is 0.328 e. The highest BCUT2D eigenvalue weighted by Gasteiger charge is 2.26. The summed E-state index contributed by atoms with van der Waals surface area (Å²) in [7, 11) is 2.48. The average Bonchev–Trinajstić information content (AvgIpc) is 3.10. The number of nitrogens with one attached hydrogen (secondary N) is 4. The molecule has 4 N–H and O–H groups in total. The van der Waals surface area contributed by atoms with Crippen molar-refractivity contribution in [2.45, 2.75) is 90.9 Å². The summed E-state index contributed by atoms with van der Waals surface area (Å²) in [4.78, 5) is 92.4. The van der Waals surface area contributed by atoms with Crippen molar-refractivity contribution in [3.05, 3.63) is 79.9 Å². The van der Waals surface area contributed by atoms with Gasteiger partial charge in [0.1, 0.15) is 24.2 Å². The number of rotatable bonds is 18. The molecule has 0 fully saturated rings. The van der Waals surface area contributed by atoms with Crippen molar-refractivity contribution in [3.8, 4) is 0 Å². The Bertz CT molecular complexity index is 1620. The van der Waals surface area contributed by atoms with Crippen LogP contribution in [0, 0.1) is 26.1 Å². The predicted molar refractivity (Wildman–Crippen MR) is 191 cm³/mol. The maximum atomic E-state index is 12.3. The molecular formula is C35H48N6O12. The molecule has 0 aromatic heterocycles. The zero-order chi connectivity index (χ0) is 40.2. The molecule has 0 unspecified atom stereocenters. The van der Waals surface area contributed by atoms with E-state index >= 15 is 0 Å². The lowest BCUT2D eigenvalue weighted by Crippen LogP contribution is -2.51. The van der Waals surface area contributed by atoms with Crippen LogP contribution in [0.15, 0.2) is 48.5 Å². The van der Waals surface area contributed by atoms with Gasteiger partial charge in [0.15, 0.2) is 0 Å². The van der Waals surface area contributed by atoms with Gasteiger partial charge in [-0.1, -0.05) is 51.5 Å². The lowest BCUT2D eigenvalue weighted by molar-refractivity contribution is -0.385. The van der Waals surface area contributed by atoms with Crippen LogP contribution in [-0.4, -0.2) is 83.8 Å². The van der Waals surface area contributed by atoms with E-state index in [4.69, 9.17) is 0 Å². The number of nitrogens with zero attached hydrogens (tertiary/aromatic N) is 2. The summed E-state index contributed by atoms with van der Waals surface area (Å²) < 4.78 is 9.33. The highest BCUT2D eigenvalue weighted by Crippen LogP contribution is 2.15. The van der Waals surface area contributed by atoms with Crippen molar-refractivity contribution in [3.63, 3.8) is 0 Å². The maximum absolute atomic E-state index is 12.3. The Balaban J connectivity index is 0.000000530. The number of ether oxygens (including phenoxy) is 2. The second-order valence-electron chi connectivity index (χ2n) is 12.4. The minimum absolute atomic E-state index is 0.102. The van der Waals surface area contributed by atoms with E-state index in [9.17, 15) is 49.0 Å². The molecule has 0 spiro atoms. The Morgan fingerprint density at radius 2 is 1.06 bits per heavy atom. The highest BCUT2D eigenvalue weighted by atomic mass is 16.6. The fourth-order valence-corrected chi connectivity index (χ4v) is 4.75. The van der Waals surface area contributed by atoms with E-state index in [1.807, 2.05) is 20.8 Å². The molecule has 2 aromatic rings. The lowest BCUT2D eigenvalue weighted by Gasteiger charge is -2.21. The molecule has 4 atom stereocenters. The van der Waals surface area contributed by atoms with Crippen molar-refractivity contribution in [1.29, 1.82) is 0 Å².